The molecule has 1 amide bonds. The predicted octanol–water partition coefficient (Wildman–Crippen LogP) is 2.22. The summed E-state index contributed by atoms with van der Waals surface area (Å²) in [6, 6.07) is 1.84. The summed E-state index contributed by atoms with van der Waals surface area (Å²) in [6.45, 7) is 2.58. The van der Waals surface area contributed by atoms with E-state index in [0.717, 1.165) is 22.9 Å². The highest BCUT2D eigenvalue weighted by molar-refractivity contribution is 9.10. The molecule has 0 aliphatic heterocycles. The van der Waals surface area contributed by atoms with E-state index in [-0.39, 0.29) is 5.91 Å². The van der Waals surface area contributed by atoms with Gasteiger partial charge in [0.15, 0.2) is 0 Å². The zero-order valence-electron chi connectivity index (χ0n) is 9.29. The molecular weight excluding hydrogens is 270 g/mol. The molecule has 1 aromatic rings. The number of halogens is 1. The van der Waals surface area contributed by atoms with Crippen molar-refractivity contribution in [3.63, 3.8) is 0 Å². The Labute approximate surface area is 104 Å². The molecule has 4 nitrogen and oxygen atoms in total. The highest BCUT2D eigenvalue weighted by Crippen LogP contribution is 2.17. The number of carbonyl (C=O) groups excluding carboxylic acids is 1. The molecule has 0 bridgehead atoms. The first kappa shape index (κ1) is 13.1. The highest BCUT2D eigenvalue weighted by atomic mass is 79.9. The molecule has 0 saturated heterocycles. The first-order valence-electron chi connectivity index (χ1n) is 5.25. The molecule has 0 saturated carbocycles. The van der Waals surface area contributed by atoms with Crippen LogP contribution in [0.5, 0.6) is 0 Å². The first-order chi connectivity index (χ1) is 7.63. The molecule has 0 unspecified atom stereocenters. The van der Waals surface area contributed by atoms with E-state index in [4.69, 9.17) is 5.73 Å². The van der Waals surface area contributed by atoms with Crippen LogP contribution in [-0.4, -0.2) is 17.4 Å². The van der Waals surface area contributed by atoms with E-state index in [2.05, 4.69) is 26.2 Å². The number of pyridine rings is 1. The maximum atomic E-state index is 11.5. The monoisotopic (exact) mass is 285 g/mol. The summed E-state index contributed by atoms with van der Waals surface area (Å²) in [4.78, 5) is 15.6. The molecule has 1 heterocycles. The standard InChI is InChI=1S/C11H16BrN3O/c1-8-6-10(14-7-9(8)12)15-11(16)4-2-3-5-13/h6-7H,2-5,13H2,1H3,(H,14,15,16). The second-order valence-electron chi connectivity index (χ2n) is 3.61. The Morgan fingerprint density at radius 1 is 1.56 bits per heavy atom. The number of hydrogen-bond acceptors (Lipinski definition) is 3. The van der Waals surface area contributed by atoms with Crippen LogP contribution in [-0.2, 0) is 4.79 Å². The highest BCUT2D eigenvalue weighted by Gasteiger charge is 2.04. The molecule has 3 N–H and O–H groups in total. The summed E-state index contributed by atoms with van der Waals surface area (Å²) >= 11 is 3.36. The predicted molar refractivity (Wildman–Crippen MR) is 68.2 cm³/mol. The number of rotatable bonds is 5. The lowest BCUT2D eigenvalue weighted by Gasteiger charge is -2.05. The van der Waals surface area contributed by atoms with Gasteiger partial charge in [0.25, 0.3) is 0 Å². The molecule has 88 valence electrons. The fourth-order valence-electron chi connectivity index (χ4n) is 1.24. The number of nitrogens with one attached hydrogen (secondary N) is 1. The Bertz CT molecular complexity index is 368. The van der Waals surface area contributed by atoms with E-state index in [1.807, 2.05) is 13.0 Å². The number of nitrogens with two attached hydrogens (primary N) is 1. The average molecular weight is 286 g/mol. The Balaban J connectivity index is 2.46. The average Bonchev–Trinajstić information content (AvgIpc) is 2.24. The van der Waals surface area contributed by atoms with Crippen LogP contribution in [0, 0.1) is 6.92 Å². The zero-order chi connectivity index (χ0) is 12.0. The van der Waals surface area contributed by atoms with Crippen molar-refractivity contribution in [2.75, 3.05) is 11.9 Å². The fraction of sp³-hybridized carbons (Fsp3) is 0.455. The van der Waals surface area contributed by atoms with Gasteiger partial charge >= 0.3 is 0 Å². The van der Waals surface area contributed by atoms with Crippen molar-refractivity contribution < 1.29 is 4.79 Å². The largest absolute Gasteiger partial charge is 0.330 e. The molecule has 1 rings (SSSR count). The van der Waals surface area contributed by atoms with Gasteiger partial charge in [0, 0.05) is 17.1 Å². The minimum Gasteiger partial charge on any atom is -0.330 e. The second kappa shape index (κ2) is 6.60. The zero-order valence-corrected chi connectivity index (χ0v) is 10.9. The Morgan fingerprint density at radius 2 is 2.31 bits per heavy atom. The smallest absolute Gasteiger partial charge is 0.225 e. The molecule has 0 atom stereocenters. The molecule has 0 aliphatic rings. The SMILES string of the molecule is Cc1cc(NC(=O)CCCCN)ncc1Br. The van der Waals surface area contributed by atoms with Crippen LogP contribution >= 0.6 is 15.9 Å². The lowest BCUT2D eigenvalue weighted by atomic mass is 10.2. The van der Waals surface area contributed by atoms with Gasteiger partial charge in [-0.25, -0.2) is 4.98 Å². The van der Waals surface area contributed by atoms with Crippen molar-refractivity contribution in [3.05, 3.63) is 22.3 Å². The maximum Gasteiger partial charge on any atom is 0.225 e. The summed E-state index contributed by atoms with van der Waals surface area (Å²) in [6.07, 6.45) is 3.87. The van der Waals surface area contributed by atoms with Crippen molar-refractivity contribution in [2.45, 2.75) is 26.2 Å². The van der Waals surface area contributed by atoms with Crippen LogP contribution in [0.15, 0.2) is 16.7 Å². The molecular formula is C11H16BrN3O. The molecule has 0 aromatic carbocycles. The quantitative estimate of drug-likeness (QED) is 0.815. The van der Waals surface area contributed by atoms with Gasteiger partial charge in [-0.05, 0) is 53.9 Å². The molecule has 0 fully saturated rings. The van der Waals surface area contributed by atoms with Crippen molar-refractivity contribution in [1.29, 1.82) is 0 Å². The molecule has 5 heteroatoms. The number of aromatic nitrogens is 1. The molecule has 1 aromatic heterocycles. The minimum absolute atomic E-state index is 0.0114. The minimum atomic E-state index is -0.0114. The van der Waals surface area contributed by atoms with E-state index in [9.17, 15) is 4.79 Å². The summed E-state index contributed by atoms with van der Waals surface area (Å²) in [5.74, 6) is 0.584. The molecule has 0 aliphatic carbocycles. The van der Waals surface area contributed by atoms with Crippen molar-refractivity contribution >= 4 is 27.7 Å². The summed E-state index contributed by atoms with van der Waals surface area (Å²) < 4.78 is 0.939. The van der Waals surface area contributed by atoms with E-state index in [1.165, 1.54) is 0 Å². The summed E-state index contributed by atoms with van der Waals surface area (Å²) in [5.41, 5.74) is 6.40. The van der Waals surface area contributed by atoms with Crippen LogP contribution in [0.1, 0.15) is 24.8 Å². The van der Waals surface area contributed by atoms with E-state index in [0.29, 0.717) is 18.8 Å². The first-order valence-corrected chi connectivity index (χ1v) is 6.05. The van der Waals surface area contributed by atoms with Crippen LogP contribution < -0.4 is 11.1 Å². The van der Waals surface area contributed by atoms with Gasteiger partial charge in [-0.15, -0.1) is 0 Å². The third kappa shape index (κ3) is 4.28. The lowest BCUT2D eigenvalue weighted by Crippen LogP contribution is -2.13. The maximum absolute atomic E-state index is 11.5. The molecule has 0 spiro atoms. The number of nitrogens with zero attached hydrogens (tertiary/aromatic N) is 1. The fourth-order valence-corrected chi connectivity index (χ4v) is 1.46. The normalized spacial score (nSPS) is 10.2. The van der Waals surface area contributed by atoms with Crippen LogP contribution in [0.2, 0.25) is 0 Å². The Hall–Kier alpha value is -0.940. The van der Waals surface area contributed by atoms with Crippen LogP contribution in [0.4, 0.5) is 5.82 Å². The van der Waals surface area contributed by atoms with Gasteiger partial charge < -0.3 is 11.1 Å². The third-order valence-electron chi connectivity index (χ3n) is 2.17. The number of anilines is 1. The molecule has 0 radical (unpaired) electrons. The van der Waals surface area contributed by atoms with Gasteiger partial charge in [-0.2, -0.15) is 0 Å². The summed E-state index contributed by atoms with van der Waals surface area (Å²) in [7, 11) is 0. The van der Waals surface area contributed by atoms with E-state index < -0.39 is 0 Å². The van der Waals surface area contributed by atoms with Crippen LogP contribution in [0.3, 0.4) is 0 Å². The van der Waals surface area contributed by atoms with Crippen LogP contribution in [0.25, 0.3) is 0 Å². The van der Waals surface area contributed by atoms with Crippen molar-refractivity contribution in [1.82, 2.24) is 4.98 Å². The number of unbranched alkanes of at least 4 members (excludes halogenated alkanes) is 1. The second-order valence-corrected chi connectivity index (χ2v) is 4.47. The van der Waals surface area contributed by atoms with Crippen molar-refractivity contribution in [3.8, 4) is 0 Å². The van der Waals surface area contributed by atoms with Crippen molar-refractivity contribution in [2.24, 2.45) is 5.73 Å². The number of carbonyl (C=O) groups is 1. The van der Waals surface area contributed by atoms with Gasteiger partial charge in [0.1, 0.15) is 5.82 Å². The van der Waals surface area contributed by atoms with E-state index in [1.54, 1.807) is 6.20 Å². The Morgan fingerprint density at radius 3 is 2.94 bits per heavy atom. The van der Waals surface area contributed by atoms with Gasteiger partial charge in [-0.1, -0.05) is 0 Å². The third-order valence-corrected chi connectivity index (χ3v) is 3.00. The van der Waals surface area contributed by atoms with Gasteiger partial charge in [0.2, 0.25) is 5.91 Å². The van der Waals surface area contributed by atoms with Gasteiger partial charge in [-0.3, -0.25) is 4.79 Å². The topological polar surface area (TPSA) is 68.0 Å². The van der Waals surface area contributed by atoms with Gasteiger partial charge in [0.05, 0.1) is 0 Å². The lowest BCUT2D eigenvalue weighted by molar-refractivity contribution is -0.116. The number of aryl methyl sites for hydroxylation is 1. The Kier molecular flexibility index (Phi) is 5.42. The number of hydrogen-bond donors (Lipinski definition) is 2. The molecule has 16 heavy (non-hydrogen) atoms. The number of amides is 1. The summed E-state index contributed by atoms with van der Waals surface area (Å²) in [5, 5.41) is 2.76. The van der Waals surface area contributed by atoms with E-state index >= 15 is 0 Å².